The standard InChI is InChI=1S/C8H15NO3/c1-6(2-3-10)8(11)9-7-4-12-5-7/h6-7,10H,2-5H2,1H3,(H,9,11)/t6-/m1/s1. The van der Waals surface area contributed by atoms with Crippen LogP contribution in [0.5, 0.6) is 0 Å². The van der Waals surface area contributed by atoms with Crippen molar-refractivity contribution in [2.45, 2.75) is 19.4 Å². The molecule has 0 spiro atoms. The zero-order chi connectivity index (χ0) is 8.97. The fraction of sp³-hybridized carbons (Fsp3) is 0.875. The lowest BCUT2D eigenvalue weighted by Crippen LogP contribution is -2.50. The molecule has 1 fully saturated rings. The smallest absolute Gasteiger partial charge is 0.223 e. The minimum atomic E-state index is -0.101. The Labute approximate surface area is 71.9 Å². The van der Waals surface area contributed by atoms with E-state index in [1.807, 2.05) is 6.92 Å². The molecule has 2 N–H and O–H groups in total. The fourth-order valence-electron chi connectivity index (χ4n) is 0.987. The third kappa shape index (κ3) is 2.46. The van der Waals surface area contributed by atoms with E-state index < -0.39 is 0 Å². The Kier molecular flexibility index (Phi) is 3.49. The van der Waals surface area contributed by atoms with E-state index in [-0.39, 0.29) is 24.5 Å². The minimum absolute atomic E-state index is 0.0114. The van der Waals surface area contributed by atoms with E-state index in [0.717, 1.165) is 0 Å². The Morgan fingerprint density at radius 2 is 2.42 bits per heavy atom. The molecule has 1 aliphatic rings. The Morgan fingerprint density at radius 3 is 2.83 bits per heavy atom. The van der Waals surface area contributed by atoms with Crippen LogP contribution in [0.4, 0.5) is 0 Å². The van der Waals surface area contributed by atoms with Gasteiger partial charge >= 0.3 is 0 Å². The number of nitrogens with one attached hydrogen (secondary N) is 1. The van der Waals surface area contributed by atoms with E-state index in [4.69, 9.17) is 9.84 Å². The maximum absolute atomic E-state index is 11.3. The first-order chi connectivity index (χ1) is 5.74. The largest absolute Gasteiger partial charge is 0.396 e. The van der Waals surface area contributed by atoms with Gasteiger partial charge < -0.3 is 15.2 Å². The Bertz CT molecular complexity index is 156. The molecule has 0 unspecified atom stereocenters. The summed E-state index contributed by atoms with van der Waals surface area (Å²) in [5.41, 5.74) is 0. The van der Waals surface area contributed by atoms with Gasteiger partial charge in [-0.2, -0.15) is 0 Å². The van der Waals surface area contributed by atoms with Crippen molar-refractivity contribution in [3.63, 3.8) is 0 Å². The van der Waals surface area contributed by atoms with Gasteiger partial charge in [0.1, 0.15) is 0 Å². The lowest BCUT2D eigenvalue weighted by molar-refractivity contribution is -0.129. The highest BCUT2D eigenvalue weighted by Crippen LogP contribution is 2.04. The quantitative estimate of drug-likeness (QED) is 0.603. The van der Waals surface area contributed by atoms with Gasteiger partial charge in [-0.25, -0.2) is 0 Å². The molecule has 0 aromatic rings. The fourth-order valence-corrected chi connectivity index (χ4v) is 0.987. The molecule has 0 radical (unpaired) electrons. The number of hydrogen-bond donors (Lipinski definition) is 2. The van der Waals surface area contributed by atoms with Crippen LogP contribution in [0.1, 0.15) is 13.3 Å². The summed E-state index contributed by atoms with van der Waals surface area (Å²) in [7, 11) is 0. The number of aliphatic hydroxyl groups is 1. The number of carbonyl (C=O) groups excluding carboxylic acids is 1. The molecule has 1 saturated heterocycles. The molecule has 1 rings (SSSR count). The van der Waals surface area contributed by atoms with E-state index in [2.05, 4.69) is 5.32 Å². The molecule has 70 valence electrons. The Hall–Kier alpha value is -0.610. The molecule has 12 heavy (non-hydrogen) atoms. The second kappa shape index (κ2) is 4.42. The second-order valence-corrected chi connectivity index (χ2v) is 3.16. The Morgan fingerprint density at radius 1 is 1.75 bits per heavy atom. The van der Waals surface area contributed by atoms with Crippen molar-refractivity contribution in [2.24, 2.45) is 5.92 Å². The highest BCUT2D eigenvalue weighted by molar-refractivity contribution is 5.78. The Balaban J connectivity index is 2.16. The highest BCUT2D eigenvalue weighted by atomic mass is 16.5. The van der Waals surface area contributed by atoms with Gasteiger partial charge in [-0.05, 0) is 6.42 Å². The molecule has 0 aromatic heterocycles. The monoisotopic (exact) mass is 173 g/mol. The predicted molar refractivity (Wildman–Crippen MR) is 43.6 cm³/mol. The maximum atomic E-state index is 11.3. The molecule has 0 aromatic carbocycles. The first-order valence-corrected chi connectivity index (χ1v) is 4.23. The minimum Gasteiger partial charge on any atom is -0.396 e. The third-order valence-corrected chi connectivity index (χ3v) is 1.99. The third-order valence-electron chi connectivity index (χ3n) is 1.99. The molecule has 1 aliphatic heterocycles. The van der Waals surface area contributed by atoms with Gasteiger partial charge in [0, 0.05) is 12.5 Å². The molecular weight excluding hydrogens is 158 g/mol. The molecule has 1 heterocycles. The van der Waals surface area contributed by atoms with E-state index in [0.29, 0.717) is 19.6 Å². The van der Waals surface area contributed by atoms with Crippen molar-refractivity contribution in [3.8, 4) is 0 Å². The summed E-state index contributed by atoms with van der Waals surface area (Å²) in [6.07, 6.45) is 0.527. The number of carbonyl (C=O) groups is 1. The number of aliphatic hydroxyl groups excluding tert-OH is 1. The highest BCUT2D eigenvalue weighted by Gasteiger charge is 2.22. The summed E-state index contributed by atoms with van der Waals surface area (Å²) in [5.74, 6) is -0.0899. The van der Waals surface area contributed by atoms with Crippen LogP contribution in [-0.2, 0) is 9.53 Å². The second-order valence-electron chi connectivity index (χ2n) is 3.16. The number of hydrogen-bond acceptors (Lipinski definition) is 3. The molecule has 0 saturated carbocycles. The molecule has 1 amide bonds. The normalized spacial score (nSPS) is 19.8. The van der Waals surface area contributed by atoms with Gasteiger partial charge in [0.2, 0.25) is 5.91 Å². The van der Waals surface area contributed by atoms with Gasteiger partial charge in [-0.3, -0.25) is 4.79 Å². The summed E-state index contributed by atoms with van der Waals surface area (Å²) in [4.78, 5) is 11.3. The van der Waals surface area contributed by atoms with Crippen LogP contribution in [0.2, 0.25) is 0 Å². The van der Waals surface area contributed by atoms with Crippen molar-refractivity contribution < 1.29 is 14.6 Å². The summed E-state index contributed by atoms with van der Waals surface area (Å²) in [6.45, 7) is 3.12. The van der Waals surface area contributed by atoms with Gasteiger partial charge in [-0.1, -0.05) is 6.92 Å². The number of amides is 1. The van der Waals surface area contributed by atoms with Gasteiger partial charge in [0.15, 0.2) is 0 Å². The van der Waals surface area contributed by atoms with Crippen molar-refractivity contribution in [1.29, 1.82) is 0 Å². The van der Waals surface area contributed by atoms with Crippen molar-refractivity contribution in [3.05, 3.63) is 0 Å². The average molecular weight is 173 g/mol. The molecular formula is C8H15NO3. The van der Waals surface area contributed by atoms with Gasteiger partial charge in [0.25, 0.3) is 0 Å². The number of ether oxygens (including phenoxy) is 1. The molecule has 4 heteroatoms. The van der Waals surface area contributed by atoms with Crippen LogP contribution in [0.25, 0.3) is 0 Å². The summed E-state index contributed by atoms with van der Waals surface area (Å²) in [5, 5.41) is 11.4. The zero-order valence-electron chi connectivity index (χ0n) is 7.25. The van der Waals surface area contributed by atoms with E-state index in [1.165, 1.54) is 0 Å². The van der Waals surface area contributed by atoms with Gasteiger partial charge in [-0.15, -0.1) is 0 Å². The van der Waals surface area contributed by atoms with Crippen LogP contribution >= 0.6 is 0 Å². The molecule has 0 aliphatic carbocycles. The summed E-state index contributed by atoms with van der Waals surface area (Å²) >= 11 is 0. The SMILES string of the molecule is C[C@H](CCO)C(=O)NC1COC1. The molecule has 4 nitrogen and oxygen atoms in total. The average Bonchev–Trinajstić information content (AvgIpc) is 1.97. The lowest BCUT2D eigenvalue weighted by Gasteiger charge is -2.27. The van der Waals surface area contributed by atoms with E-state index in [1.54, 1.807) is 0 Å². The summed E-state index contributed by atoms with van der Waals surface area (Å²) < 4.78 is 4.91. The molecule has 0 bridgehead atoms. The number of rotatable bonds is 4. The maximum Gasteiger partial charge on any atom is 0.223 e. The van der Waals surface area contributed by atoms with Crippen LogP contribution in [0.3, 0.4) is 0 Å². The van der Waals surface area contributed by atoms with E-state index in [9.17, 15) is 4.79 Å². The van der Waals surface area contributed by atoms with Crippen molar-refractivity contribution >= 4 is 5.91 Å². The zero-order valence-corrected chi connectivity index (χ0v) is 7.25. The topological polar surface area (TPSA) is 58.6 Å². The predicted octanol–water partition coefficient (Wildman–Crippen LogP) is -0.480. The van der Waals surface area contributed by atoms with Crippen LogP contribution in [0, 0.1) is 5.92 Å². The van der Waals surface area contributed by atoms with Gasteiger partial charge in [0.05, 0.1) is 19.3 Å². The van der Waals surface area contributed by atoms with Crippen LogP contribution < -0.4 is 5.32 Å². The van der Waals surface area contributed by atoms with E-state index >= 15 is 0 Å². The molecule has 1 atom stereocenters. The van der Waals surface area contributed by atoms with Crippen LogP contribution in [-0.4, -0.2) is 36.9 Å². The van der Waals surface area contributed by atoms with Crippen LogP contribution in [0.15, 0.2) is 0 Å². The van der Waals surface area contributed by atoms with Crippen molar-refractivity contribution in [2.75, 3.05) is 19.8 Å². The van der Waals surface area contributed by atoms with Crippen molar-refractivity contribution in [1.82, 2.24) is 5.32 Å². The first kappa shape index (κ1) is 9.48. The summed E-state index contributed by atoms with van der Waals surface area (Å²) in [6, 6.07) is 0.193. The first-order valence-electron chi connectivity index (χ1n) is 4.23. The lowest BCUT2D eigenvalue weighted by atomic mass is 10.1.